The smallest absolute Gasteiger partial charge is 0.272 e. The first-order valence-electron chi connectivity index (χ1n) is 11.4. The van der Waals surface area contributed by atoms with Crippen molar-refractivity contribution in [1.29, 1.82) is 0 Å². The fourth-order valence-corrected chi connectivity index (χ4v) is 4.44. The molecule has 180 valence electrons. The van der Waals surface area contributed by atoms with Gasteiger partial charge >= 0.3 is 0 Å². The Kier molecular flexibility index (Phi) is 6.10. The van der Waals surface area contributed by atoms with Crippen molar-refractivity contribution in [2.75, 3.05) is 18.4 Å². The maximum absolute atomic E-state index is 13.7. The highest BCUT2D eigenvalue weighted by atomic mass is 19.2. The molecule has 0 spiro atoms. The molecule has 7 nitrogen and oxygen atoms in total. The SMILES string of the molecule is Cc1nc2cc(F)c(F)cc2nc1NCC1CCCCN1C(=O)c1[nH]ncc1-c1ccc(F)cc1. The van der Waals surface area contributed by atoms with E-state index < -0.39 is 11.6 Å². The average molecular weight is 480 g/mol. The van der Waals surface area contributed by atoms with Gasteiger partial charge in [0.1, 0.15) is 17.3 Å². The molecule has 1 saturated heterocycles. The van der Waals surface area contributed by atoms with E-state index in [4.69, 9.17) is 0 Å². The number of benzene rings is 2. The molecule has 4 aromatic rings. The summed E-state index contributed by atoms with van der Waals surface area (Å²) in [4.78, 5) is 24.1. The Hall–Kier alpha value is -3.95. The number of likely N-dealkylation sites (tertiary alicyclic amines) is 1. The lowest BCUT2D eigenvalue weighted by Gasteiger charge is -2.36. The largest absolute Gasteiger partial charge is 0.366 e. The molecule has 1 amide bonds. The minimum Gasteiger partial charge on any atom is -0.366 e. The second-order valence-electron chi connectivity index (χ2n) is 8.61. The monoisotopic (exact) mass is 480 g/mol. The van der Waals surface area contributed by atoms with Gasteiger partial charge in [0.25, 0.3) is 5.91 Å². The van der Waals surface area contributed by atoms with Crippen LogP contribution < -0.4 is 5.32 Å². The van der Waals surface area contributed by atoms with E-state index in [0.717, 1.165) is 31.4 Å². The van der Waals surface area contributed by atoms with Gasteiger partial charge < -0.3 is 10.2 Å². The Morgan fingerprint density at radius 2 is 1.80 bits per heavy atom. The number of aromatic nitrogens is 4. The maximum Gasteiger partial charge on any atom is 0.272 e. The van der Waals surface area contributed by atoms with Crippen LogP contribution in [0, 0.1) is 24.4 Å². The Labute approximate surface area is 199 Å². The van der Waals surface area contributed by atoms with Gasteiger partial charge in [-0.25, -0.2) is 23.1 Å². The van der Waals surface area contributed by atoms with E-state index >= 15 is 0 Å². The van der Waals surface area contributed by atoms with Gasteiger partial charge in [-0.05, 0) is 43.9 Å². The molecular weight excluding hydrogens is 457 g/mol. The van der Waals surface area contributed by atoms with Gasteiger partial charge in [0.05, 0.1) is 22.9 Å². The molecule has 1 atom stereocenters. The van der Waals surface area contributed by atoms with Gasteiger partial charge in [0, 0.05) is 36.8 Å². The third kappa shape index (κ3) is 4.55. The fraction of sp³-hybridized carbons (Fsp3) is 0.280. The van der Waals surface area contributed by atoms with Crippen LogP contribution in [0.4, 0.5) is 19.0 Å². The number of H-pyrrole nitrogens is 1. The third-order valence-electron chi connectivity index (χ3n) is 6.28. The van der Waals surface area contributed by atoms with Gasteiger partial charge in [-0.3, -0.25) is 9.89 Å². The molecule has 35 heavy (non-hydrogen) atoms. The summed E-state index contributed by atoms with van der Waals surface area (Å²) in [5.74, 6) is -2.04. The van der Waals surface area contributed by atoms with Gasteiger partial charge in [0.15, 0.2) is 11.6 Å². The first-order chi connectivity index (χ1) is 16.9. The zero-order chi connectivity index (χ0) is 24.5. The predicted molar refractivity (Wildman–Crippen MR) is 125 cm³/mol. The molecule has 10 heteroatoms. The lowest BCUT2D eigenvalue weighted by Crippen LogP contribution is -2.47. The highest BCUT2D eigenvalue weighted by Gasteiger charge is 2.30. The number of carbonyl (C=O) groups excluding carboxylic acids is 1. The predicted octanol–water partition coefficient (Wildman–Crippen LogP) is 4.85. The quantitative estimate of drug-likeness (QED) is 0.426. The van der Waals surface area contributed by atoms with E-state index in [1.165, 1.54) is 12.1 Å². The molecule has 2 aromatic carbocycles. The van der Waals surface area contributed by atoms with Crippen molar-refractivity contribution < 1.29 is 18.0 Å². The zero-order valence-electron chi connectivity index (χ0n) is 19.0. The van der Waals surface area contributed by atoms with Crippen LogP contribution in [0.5, 0.6) is 0 Å². The molecule has 0 bridgehead atoms. The van der Waals surface area contributed by atoms with Crippen LogP contribution in [-0.4, -0.2) is 50.1 Å². The molecule has 0 radical (unpaired) electrons. The number of fused-ring (bicyclic) bond motifs is 1. The summed E-state index contributed by atoms with van der Waals surface area (Å²) in [6.07, 6.45) is 4.20. The Morgan fingerprint density at radius 1 is 1.09 bits per heavy atom. The van der Waals surface area contributed by atoms with Crippen LogP contribution in [-0.2, 0) is 0 Å². The Morgan fingerprint density at radius 3 is 2.54 bits per heavy atom. The van der Waals surface area contributed by atoms with E-state index in [0.29, 0.717) is 41.4 Å². The molecule has 0 saturated carbocycles. The van der Waals surface area contributed by atoms with Gasteiger partial charge in [0.2, 0.25) is 0 Å². The summed E-state index contributed by atoms with van der Waals surface area (Å²) in [6, 6.07) is 7.84. The van der Waals surface area contributed by atoms with Crippen LogP contribution in [0.15, 0.2) is 42.6 Å². The van der Waals surface area contributed by atoms with Crippen LogP contribution in [0.25, 0.3) is 22.2 Å². The summed E-state index contributed by atoms with van der Waals surface area (Å²) in [7, 11) is 0. The van der Waals surface area contributed by atoms with Crippen molar-refractivity contribution in [2.45, 2.75) is 32.2 Å². The van der Waals surface area contributed by atoms with E-state index in [1.807, 2.05) is 0 Å². The van der Waals surface area contributed by atoms with E-state index in [2.05, 4.69) is 25.5 Å². The summed E-state index contributed by atoms with van der Waals surface area (Å²) in [5, 5.41) is 10.1. The molecule has 1 aliphatic rings. The number of anilines is 1. The number of amides is 1. The number of nitrogens with zero attached hydrogens (tertiary/aromatic N) is 4. The minimum absolute atomic E-state index is 0.123. The Balaban J connectivity index is 1.36. The van der Waals surface area contributed by atoms with E-state index in [-0.39, 0.29) is 28.8 Å². The lowest BCUT2D eigenvalue weighted by atomic mass is 10.00. The highest BCUT2D eigenvalue weighted by Crippen LogP contribution is 2.27. The molecule has 1 fully saturated rings. The zero-order valence-corrected chi connectivity index (χ0v) is 19.0. The molecule has 1 unspecified atom stereocenters. The van der Waals surface area contributed by atoms with Crippen molar-refractivity contribution >= 4 is 22.8 Å². The van der Waals surface area contributed by atoms with Crippen molar-refractivity contribution in [2.24, 2.45) is 0 Å². The topological polar surface area (TPSA) is 86.8 Å². The normalized spacial score (nSPS) is 16.0. The first-order valence-corrected chi connectivity index (χ1v) is 11.4. The molecule has 2 N–H and O–H groups in total. The number of halogens is 3. The molecule has 5 rings (SSSR count). The number of aromatic amines is 1. The van der Waals surface area contributed by atoms with Crippen LogP contribution in [0.1, 0.15) is 35.4 Å². The summed E-state index contributed by atoms with van der Waals surface area (Å²) < 4.78 is 40.6. The van der Waals surface area contributed by atoms with Gasteiger partial charge in [-0.2, -0.15) is 5.10 Å². The second-order valence-corrected chi connectivity index (χ2v) is 8.61. The maximum atomic E-state index is 13.7. The van der Waals surface area contributed by atoms with E-state index in [9.17, 15) is 18.0 Å². The number of nitrogens with one attached hydrogen (secondary N) is 2. The first kappa shape index (κ1) is 22.8. The van der Waals surface area contributed by atoms with Crippen molar-refractivity contribution in [3.05, 3.63) is 71.4 Å². The third-order valence-corrected chi connectivity index (χ3v) is 6.28. The van der Waals surface area contributed by atoms with Gasteiger partial charge in [-0.15, -0.1) is 0 Å². The van der Waals surface area contributed by atoms with Crippen molar-refractivity contribution in [3.63, 3.8) is 0 Å². The molecule has 3 heterocycles. The van der Waals surface area contributed by atoms with E-state index in [1.54, 1.807) is 30.2 Å². The van der Waals surface area contributed by atoms with Gasteiger partial charge in [-0.1, -0.05) is 12.1 Å². The Bertz CT molecular complexity index is 1390. The molecule has 1 aliphatic heterocycles. The second kappa shape index (κ2) is 9.36. The minimum atomic E-state index is -0.984. The number of hydrogen-bond acceptors (Lipinski definition) is 5. The lowest BCUT2D eigenvalue weighted by molar-refractivity contribution is 0.0623. The van der Waals surface area contributed by atoms with Crippen LogP contribution in [0.2, 0.25) is 0 Å². The summed E-state index contributed by atoms with van der Waals surface area (Å²) in [5.41, 5.74) is 2.72. The standard InChI is InChI=1S/C25H23F3N6O/c1-14-24(32-22-11-20(28)19(27)10-21(22)31-14)29-12-17-4-2-3-9-34(17)25(35)23-18(13-30-33-23)15-5-7-16(26)8-6-15/h5-8,10-11,13,17H,2-4,9,12H2,1H3,(H,29,32)(H,30,33). The fourth-order valence-electron chi connectivity index (χ4n) is 4.44. The summed E-state index contributed by atoms with van der Waals surface area (Å²) in [6.45, 7) is 2.73. The molecule has 2 aromatic heterocycles. The van der Waals surface area contributed by atoms with Crippen LogP contribution >= 0.6 is 0 Å². The van der Waals surface area contributed by atoms with Crippen molar-refractivity contribution in [3.8, 4) is 11.1 Å². The molecule has 0 aliphatic carbocycles. The number of rotatable bonds is 5. The highest BCUT2D eigenvalue weighted by molar-refractivity contribution is 5.99. The van der Waals surface area contributed by atoms with Crippen molar-refractivity contribution in [1.82, 2.24) is 25.1 Å². The summed E-state index contributed by atoms with van der Waals surface area (Å²) >= 11 is 0. The number of carbonyl (C=O) groups is 1. The number of aryl methyl sites for hydroxylation is 1. The van der Waals surface area contributed by atoms with Crippen LogP contribution in [0.3, 0.4) is 0 Å². The number of piperidine rings is 1. The molecular formula is C25H23F3N6O. The average Bonchev–Trinajstić information content (AvgIpc) is 3.34. The number of hydrogen-bond donors (Lipinski definition) is 2.